The van der Waals surface area contributed by atoms with E-state index in [9.17, 15) is 0 Å². The largest absolute Gasteiger partial charge is 0.369 e. The number of hydrogen-bond donors (Lipinski definition) is 1. The molecule has 2 aromatic rings. The molecule has 0 spiro atoms. The van der Waals surface area contributed by atoms with Crippen molar-refractivity contribution in [2.24, 2.45) is 5.92 Å². The van der Waals surface area contributed by atoms with Gasteiger partial charge < -0.3 is 5.32 Å². The molecule has 29 heavy (non-hydrogen) atoms. The van der Waals surface area contributed by atoms with Crippen LogP contribution in [0.3, 0.4) is 0 Å². The minimum absolute atomic E-state index is 0.869. The molecule has 152 valence electrons. The molecule has 1 aliphatic heterocycles. The van der Waals surface area contributed by atoms with Gasteiger partial charge >= 0.3 is 0 Å². The van der Waals surface area contributed by atoms with Crippen LogP contribution in [0.25, 0.3) is 11.3 Å². The molecule has 1 N–H and O–H groups in total. The SMILES string of the molecule is C1=CC(CN2CCC(CCCNc3ccc(-c4ccccc4)nn3)CC2)=CCC1. The topological polar surface area (TPSA) is 41.0 Å². The van der Waals surface area contributed by atoms with Crippen LogP contribution in [0.4, 0.5) is 5.82 Å². The molecule has 0 unspecified atom stereocenters. The van der Waals surface area contributed by atoms with E-state index in [-0.39, 0.29) is 0 Å². The molecule has 2 aliphatic rings. The first kappa shape index (κ1) is 19.8. The van der Waals surface area contributed by atoms with E-state index in [0.717, 1.165) is 36.1 Å². The summed E-state index contributed by atoms with van der Waals surface area (Å²) in [7, 11) is 0. The van der Waals surface area contributed by atoms with Crippen molar-refractivity contribution in [1.29, 1.82) is 0 Å². The van der Waals surface area contributed by atoms with Crippen molar-refractivity contribution in [1.82, 2.24) is 15.1 Å². The van der Waals surface area contributed by atoms with Gasteiger partial charge in [0.25, 0.3) is 0 Å². The fraction of sp³-hybridized carbons (Fsp3) is 0.440. The fourth-order valence-corrected chi connectivity index (χ4v) is 4.27. The van der Waals surface area contributed by atoms with Gasteiger partial charge in [0, 0.05) is 18.7 Å². The highest BCUT2D eigenvalue weighted by Crippen LogP contribution is 2.23. The van der Waals surface area contributed by atoms with Gasteiger partial charge in [-0.15, -0.1) is 10.2 Å². The first-order valence-electron chi connectivity index (χ1n) is 11.1. The average Bonchev–Trinajstić information content (AvgIpc) is 2.79. The smallest absolute Gasteiger partial charge is 0.148 e. The van der Waals surface area contributed by atoms with Crippen molar-refractivity contribution >= 4 is 5.82 Å². The number of allylic oxidation sites excluding steroid dienone is 2. The second kappa shape index (κ2) is 10.4. The molecule has 0 bridgehead atoms. The van der Waals surface area contributed by atoms with Crippen molar-refractivity contribution in [3.05, 3.63) is 66.3 Å². The number of nitrogens with one attached hydrogen (secondary N) is 1. The van der Waals surface area contributed by atoms with E-state index >= 15 is 0 Å². The van der Waals surface area contributed by atoms with Crippen LogP contribution >= 0.6 is 0 Å². The lowest BCUT2D eigenvalue weighted by atomic mass is 9.92. The van der Waals surface area contributed by atoms with Gasteiger partial charge in [-0.05, 0) is 75.2 Å². The maximum atomic E-state index is 4.35. The van der Waals surface area contributed by atoms with Crippen molar-refractivity contribution in [2.75, 3.05) is 31.5 Å². The second-order valence-corrected chi connectivity index (χ2v) is 8.22. The Hall–Kier alpha value is -2.46. The number of nitrogens with zero attached hydrogens (tertiary/aromatic N) is 3. The zero-order valence-corrected chi connectivity index (χ0v) is 17.3. The Balaban J connectivity index is 1.12. The summed E-state index contributed by atoms with van der Waals surface area (Å²) in [5.74, 6) is 1.74. The molecule has 0 amide bonds. The van der Waals surface area contributed by atoms with Crippen LogP contribution in [-0.2, 0) is 0 Å². The lowest BCUT2D eigenvalue weighted by molar-refractivity contribution is 0.191. The molecule has 1 aliphatic carbocycles. The van der Waals surface area contributed by atoms with E-state index in [1.54, 1.807) is 0 Å². The first-order chi connectivity index (χ1) is 14.4. The Morgan fingerprint density at radius 2 is 1.83 bits per heavy atom. The standard InChI is InChI=1S/C25H32N4/c1-3-8-22(9-4-1)20-29-18-15-21(16-19-29)10-7-17-26-25-14-13-24(27-28-25)23-11-5-2-6-12-23/h2-3,5-6,8-9,11-14,21H,1,4,7,10,15-20H2,(H,26,28). The van der Waals surface area contributed by atoms with Gasteiger partial charge in [0.2, 0.25) is 0 Å². The molecule has 1 saturated heterocycles. The minimum atomic E-state index is 0.869. The molecular formula is C25H32N4. The fourth-order valence-electron chi connectivity index (χ4n) is 4.27. The average molecular weight is 389 g/mol. The molecular weight excluding hydrogens is 356 g/mol. The molecule has 1 fully saturated rings. The molecule has 0 radical (unpaired) electrons. The summed E-state index contributed by atoms with van der Waals surface area (Å²) in [6, 6.07) is 14.3. The molecule has 0 atom stereocenters. The predicted molar refractivity (Wildman–Crippen MR) is 121 cm³/mol. The number of benzene rings is 1. The van der Waals surface area contributed by atoms with Crippen LogP contribution in [-0.4, -0.2) is 41.3 Å². The molecule has 1 aromatic heterocycles. The minimum Gasteiger partial charge on any atom is -0.369 e. The van der Waals surface area contributed by atoms with Gasteiger partial charge in [-0.2, -0.15) is 0 Å². The van der Waals surface area contributed by atoms with E-state index in [1.807, 2.05) is 30.3 Å². The predicted octanol–water partition coefficient (Wildman–Crippen LogP) is 5.32. The molecule has 4 rings (SSSR count). The van der Waals surface area contributed by atoms with Crippen molar-refractivity contribution < 1.29 is 0 Å². The molecule has 4 nitrogen and oxygen atoms in total. The Bertz CT molecular complexity index is 802. The summed E-state index contributed by atoms with van der Waals surface area (Å²) < 4.78 is 0. The van der Waals surface area contributed by atoms with E-state index in [0.29, 0.717) is 0 Å². The maximum absolute atomic E-state index is 4.35. The van der Waals surface area contributed by atoms with Crippen molar-refractivity contribution in [3.63, 3.8) is 0 Å². The van der Waals surface area contributed by atoms with Gasteiger partial charge in [0.15, 0.2) is 0 Å². The van der Waals surface area contributed by atoms with Crippen LogP contribution in [0.1, 0.15) is 38.5 Å². The Kier molecular flexibility index (Phi) is 7.08. The second-order valence-electron chi connectivity index (χ2n) is 8.22. The van der Waals surface area contributed by atoms with E-state index in [1.165, 1.54) is 57.2 Å². The van der Waals surface area contributed by atoms with Crippen LogP contribution < -0.4 is 5.32 Å². The van der Waals surface area contributed by atoms with Gasteiger partial charge in [0.1, 0.15) is 5.82 Å². The lowest BCUT2D eigenvalue weighted by Gasteiger charge is -2.32. The summed E-state index contributed by atoms with van der Waals surface area (Å²) in [6.45, 7) is 4.60. The highest BCUT2D eigenvalue weighted by molar-refractivity contribution is 5.59. The number of hydrogen-bond acceptors (Lipinski definition) is 4. The number of piperidine rings is 1. The molecule has 2 heterocycles. The summed E-state index contributed by atoms with van der Waals surface area (Å²) in [6.07, 6.45) is 14.6. The van der Waals surface area contributed by atoms with Crippen LogP contribution in [0.2, 0.25) is 0 Å². The Labute approximate surface area is 174 Å². The van der Waals surface area contributed by atoms with Gasteiger partial charge in [-0.1, -0.05) is 48.6 Å². The molecule has 4 heteroatoms. The summed E-state index contributed by atoms with van der Waals surface area (Å²) in [5, 5.41) is 12.1. The normalized spacial score (nSPS) is 17.9. The first-order valence-corrected chi connectivity index (χ1v) is 11.1. The van der Waals surface area contributed by atoms with Crippen molar-refractivity contribution in [2.45, 2.75) is 38.5 Å². The number of aromatic nitrogens is 2. The zero-order valence-electron chi connectivity index (χ0n) is 17.3. The Morgan fingerprint density at radius 3 is 2.55 bits per heavy atom. The highest BCUT2D eigenvalue weighted by Gasteiger charge is 2.19. The van der Waals surface area contributed by atoms with Crippen LogP contribution in [0.5, 0.6) is 0 Å². The number of rotatable bonds is 8. The van der Waals surface area contributed by atoms with E-state index < -0.39 is 0 Å². The third kappa shape index (κ3) is 6.01. The summed E-state index contributed by atoms with van der Waals surface area (Å²) in [5.41, 5.74) is 3.54. The molecule has 1 aromatic carbocycles. The van der Waals surface area contributed by atoms with Crippen LogP contribution in [0, 0.1) is 5.92 Å². The monoisotopic (exact) mass is 388 g/mol. The highest BCUT2D eigenvalue weighted by atomic mass is 15.2. The summed E-state index contributed by atoms with van der Waals surface area (Å²) in [4.78, 5) is 2.63. The van der Waals surface area contributed by atoms with Crippen LogP contribution in [0.15, 0.2) is 66.3 Å². The van der Waals surface area contributed by atoms with Gasteiger partial charge in [-0.25, -0.2) is 0 Å². The lowest BCUT2D eigenvalue weighted by Crippen LogP contribution is -2.35. The number of anilines is 1. The third-order valence-electron chi connectivity index (χ3n) is 6.01. The van der Waals surface area contributed by atoms with Gasteiger partial charge in [-0.3, -0.25) is 4.90 Å². The quantitative estimate of drug-likeness (QED) is 0.621. The van der Waals surface area contributed by atoms with E-state index in [2.05, 4.69) is 50.8 Å². The molecule has 0 saturated carbocycles. The van der Waals surface area contributed by atoms with Gasteiger partial charge in [0.05, 0.1) is 5.69 Å². The Morgan fingerprint density at radius 1 is 0.966 bits per heavy atom. The maximum Gasteiger partial charge on any atom is 0.148 e. The zero-order chi connectivity index (χ0) is 19.7. The number of likely N-dealkylation sites (tertiary alicyclic amines) is 1. The summed E-state index contributed by atoms with van der Waals surface area (Å²) >= 11 is 0. The van der Waals surface area contributed by atoms with Crippen molar-refractivity contribution in [3.8, 4) is 11.3 Å². The third-order valence-corrected chi connectivity index (χ3v) is 6.01. The van der Waals surface area contributed by atoms with E-state index in [4.69, 9.17) is 0 Å².